The Bertz CT molecular complexity index is 446. The second kappa shape index (κ2) is 4.84. The van der Waals surface area contributed by atoms with Gasteiger partial charge in [-0.1, -0.05) is 6.07 Å². The molecular formula is C13H17N3. The van der Waals surface area contributed by atoms with E-state index < -0.39 is 0 Å². The van der Waals surface area contributed by atoms with Crippen LogP contribution in [0.3, 0.4) is 0 Å². The summed E-state index contributed by atoms with van der Waals surface area (Å²) in [7, 11) is 0. The second-order valence-electron chi connectivity index (χ2n) is 3.99. The topological polar surface area (TPSA) is 29.9 Å². The number of rotatable bonds is 4. The molecule has 1 N–H and O–H groups in total. The third-order valence-electron chi connectivity index (χ3n) is 2.74. The maximum absolute atomic E-state index is 4.16. The molecule has 84 valence electrons. The summed E-state index contributed by atoms with van der Waals surface area (Å²) >= 11 is 0. The smallest absolute Gasteiger partial charge is 0.0582 e. The van der Waals surface area contributed by atoms with Crippen molar-refractivity contribution in [2.45, 2.75) is 20.4 Å². The lowest BCUT2D eigenvalue weighted by Gasteiger charge is -2.08. The fourth-order valence-corrected chi connectivity index (χ4v) is 1.60. The Morgan fingerprint density at radius 2 is 2.12 bits per heavy atom. The Morgan fingerprint density at radius 1 is 1.25 bits per heavy atom. The molecule has 0 amide bonds. The summed E-state index contributed by atoms with van der Waals surface area (Å²) in [4.78, 5) is 0. The third kappa shape index (κ3) is 2.63. The van der Waals surface area contributed by atoms with Gasteiger partial charge < -0.3 is 5.32 Å². The van der Waals surface area contributed by atoms with Crippen LogP contribution >= 0.6 is 0 Å². The molecule has 1 aromatic carbocycles. The SMILES string of the molecule is Cc1ccc(NCCn2cccn2)cc1C. The maximum atomic E-state index is 4.16. The van der Waals surface area contributed by atoms with Gasteiger partial charge in [0.1, 0.15) is 0 Å². The zero-order valence-electron chi connectivity index (χ0n) is 9.77. The van der Waals surface area contributed by atoms with Crippen LogP contribution < -0.4 is 5.32 Å². The van der Waals surface area contributed by atoms with Gasteiger partial charge in [-0.25, -0.2) is 0 Å². The van der Waals surface area contributed by atoms with Gasteiger partial charge in [0, 0.05) is 24.6 Å². The van der Waals surface area contributed by atoms with Crippen LogP contribution in [0.1, 0.15) is 11.1 Å². The predicted molar refractivity (Wildman–Crippen MR) is 66.6 cm³/mol. The largest absolute Gasteiger partial charge is 0.383 e. The molecule has 0 saturated carbocycles. The number of hydrogen-bond acceptors (Lipinski definition) is 2. The maximum Gasteiger partial charge on any atom is 0.0582 e. The van der Waals surface area contributed by atoms with Crippen LogP contribution in [0.2, 0.25) is 0 Å². The van der Waals surface area contributed by atoms with E-state index in [-0.39, 0.29) is 0 Å². The van der Waals surface area contributed by atoms with Crippen molar-refractivity contribution in [1.29, 1.82) is 0 Å². The number of aromatic nitrogens is 2. The molecule has 0 radical (unpaired) electrons. The lowest BCUT2D eigenvalue weighted by atomic mass is 10.1. The van der Waals surface area contributed by atoms with Gasteiger partial charge in [0.15, 0.2) is 0 Å². The van der Waals surface area contributed by atoms with Crippen molar-refractivity contribution >= 4 is 5.69 Å². The molecule has 2 aromatic rings. The summed E-state index contributed by atoms with van der Waals surface area (Å²) in [5.74, 6) is 0. The molecule has 0 bridgehead atoms. The van der Waals surface area contributed by atoms with E-state index in [1.807, 2.05) is 16.9 Å². The molecule has 0 spiro atoms. The number of aryl methyl sites for hydroxylation is 2. The van der Waals surface area contributed by atoms with Crippen molar-refractivity contribution in [3.8, 4) is 0 Å². The Balaban J connectivity index is 1.87. The average molecular weight is 215 g/mol. The van der Waals surface area contributed by atoms with Gasteiger partial charge in [-0.3, -0.25) is 4.68 Å². The van der Waals surface area contributed by atoms with Crippen LogP contribution in [0.4, 0.5) is 5.69 Å². The minimum Gasteiger partial charge on any atom is -0.383 e. The Morgan fingerprint density at radius 3 is 2.81 bits per heavy atom. The van der Waals surface area contributed by atoms with E-state index in [1.54, 1.807) is 6.20 Å². The first kappa shape index (κ1) is 10.7. The number of hydrogen-bond donors (Lipinski definition) is 1. The Kier molecular flexibility index (Phi) is 3.25. The van der Waals surface area contributed by atoms with Gasteiger partial charge >= 0.3 is 0 Å². The average Bonchev–Trinajstić information content (AvgIpc) is 2.76. The summed E-state index contributed by atoms with van der Waals surface area (Å²) in [6.07, 6.45) is 3.78. The van der Waals surface area contributed by atoms with E-state index in [2.05, 4.69) is 42.5 Å². The lowest BCUT2D eigenvalue weighted by Crippen LogP contribution is -2.10. The summed E-state index contributed by atoms with van der Waals surface area (Å²) in [5, 5.41) is 7.55. The number of nitrogens with zero attached hydrogens (tertiary/aromatic N) is 2. The normalized spacial score (nSPS) is 10.4. The zero-order chi connectivity index (χ0) is 11.4. The van der Waals surface area contributed by atoms with Gasteiger partial charge in [0.2, 0.25) is 0 Å². The van der Waals surface area contributed by atoms with Crippen LogP contribution in [0.15, 0.2) is 36.7 Å². The first-order valence-corrected chi connectivity index (χ1v) is 5.54. The summed E-state index contributed by atoms with van der Waals surface area (Å²) in [6.45, 7) is 6.04. The van der Waals surface area contributed by atoms with E-state index >= 15 is 0 Å². The minimum atomic E-state index is 0.889. The summed E-state index contributed by atoms with van der Waals surface area (Å²) < 4.78 is 1.92. The third-order valence-corrected chi connectivity index (χ3v) is 2.74. The van der Waals surface area contributed by atoms with Gasteiger partial charge in [0.25, 0.3) is 0 Å². The molecule has 0 atom stereocenters. The van der Waals surface area contributed by atoms with Gasteiger partial charge in [-0.05, 0) is 43.2 Å². The monoisotopic (exact) mass is 215 g/mol. The van der Waals surface area contributed by atoms with Gasteiger partial charge in [-0.15, -0.1) is 0 Å². The van der Waals surface area contributed by atoms with Crippen LogP contribution in [0.25, 0.3) is 0 Å². The van der Waals surface area contributed by atoms with Gasteiger partial charge in [-0.2, -0.15) is 5.10 Å². The molecule has 0 aliphatic rings. The van der Waals surface area contributed by atoms with Crippen LogP contribution in [-0.4, -0.2) is 16.3 Å². The quantitative estimate of drug-likeness (QED) is 0.849. The number of nitrogens with one attached hydrogen (secondary N) is 1. The summed E-state index contributed by atoms with van der Waals surface area (Å²) in [6, 6.07) is 8.38. The van der Waals surface area contributed by atoms with E-state index in [0.717, 1.165) is 13.1 Å². The predicted octanol–water partition coefficient (Wildman–Crippen LogP) is 2.61. The molecule has 16 heavy (non-hydrogen) atoms. The van der Waals surface area contributed by atoms with Crippen molar-refractivity contribution in [3.05, 3.63) is 47.8 Å². The highest BCUT2D eigenvalue weighted by Gasteiger charge is 1.96. The molecule has 3 heteroatoms. The molecule has 1 aromatic heterocycles. The fourth-order valence-electron chi connectivity index (χ4n) is 1.60. The van der Waals surface area contributed by atoms with Crippen molar-refractivity contribution < 1.29 is 0 Å². The van der Waals surface area contributed by atoms with Crippen LogP contribution in [0, 0.1) is 13.8 Å². The molecule has 0 unspecified atom stereocenters. The molecule has 0 saturated heterocycles. The molecule has 0 aliphatic carbocycles. The van der Waals surface area contributed by atoms with Crippen LogP contribution in [0.5, 0.6) is 0 Å². The van der Waals surface area contributed by atoms with Crippen LogP contribution in [-0.2, 0) is 6.54 Å². The van der Waals surface area contributed by atoms with E-state index in [4.69, 9.17) is 0 Å². The second-order valence-corrected chi connectivity index (χ2v) is 3.99. The highest BCUT2D eigenvalue weighted by Crippen LogP contribution is 2.13. The van der Waals surface area contributed by atoms with Crippen molar-refractivity contribution in [3.63, 3.8) is 0 Å². The number of benzene rings is 1. The van der Waals surface area contributed by atoms with E-state index in [9.17, 15) is 0 Å². The first-order valence-electron chi connectivity index (χ1n) is 5.54. The summed E-state index contributed by atoms with van der Waals surface area (Å²) in [5.41, 5.74) is 3.83. The lowest BCUT2D eigenvalue weighted by molar-refractivity contribution is 0.638. The number of anilines is 1. The van der Waals surface area contributed by atoms with Crippen molar-refractivity contribution in [2.24, 2.45) is 0 Å². The molecule has 3 nitrogen and oxygen atoms in total. The molecule has 1 heterocycles. The zero-order valence-corrected chi connectivity index (χ0v) is 9.77. The van der Waals surface area contributed by atoms with Gasteiger partial charge in [0.05, 0.1) is 6.54 Å². The standard InChI is InChI=1S/C13H17N3/c1-11-4-5-13(10-12(11)2)14-7-9-16-8-3-6-15-16/h3-6,8,10,14H,7,9H2,1-2H3. The van der Waals surface area contributed by atoms with Crippen molar-refractivity contribution in [2.75, 3.05) is 11.9 Å². The fraction of sp³-hybridized carbons (Fsp3) is 0.308. The first-order chi connectivity index (χ1) is 7.75. The molecule has 0 fully saturated rings. The molecule has 2 rings (SSSR count). The Labute approximate surface area is 96.1 Å². The Hall–Kier alpha value is -1.77. The molecular weight excluding hydrogens is 198 g/mol. The highest BCUT2D eigenvalue weighted by molar-refractivity contribution is 5.47. The molecule has 0 aliphatic heterocycles. The van der Waals surface area contributed by atoms with E-state index in [0.29, 0.717) is 0 Å². The highest BCUT2D eigenvalue weighted by atomic mass is 15.3. The minimum absolute atomic E-state index is 0.889. The van der Waals surface area contributed by atoms with Crippen molar-refractivity contribution in [1.82, 2.24) is 9.78 Å². The van der Waals surface area contributed by atoms with E-state index in [1.165, 1.54) is 16.8 Å².